The molecule has 2 aromatic rings. The molecular weight excluding hydrogens is 370 g/mol. The Hall–Kier alpha value is -3.35. The van der Waals surface area contributed by atoms with Crippen molar-refractivity contribution in [2.24, 2.45) is 11.0 Å². The van der Waals surface area contributed by atoms with Gasteiger partial charge in [-0.1, -0.05) is 0 Å². The Labute approximate surface area is 170 Å². The topological polar surface area (TPSA) is 80.2 Å². The summed E-state index contributed by atoms with van der Waals surface area (Å²) >= 11 is 0. The summed E-state index contributed by atoms with van der Waals surface area (Å²) in [5.41, 5.74) is 4.13. The van der Waals surface area contributed by atoms with Crippen LogP contribution in [0.2, 0.25) is 0 Å². The molecule has 1 atom stereocenters. The highest BCUT2D eigenvalue weighted by atomic mass is 16.5. The number of anilines is 1. The van der Waals surface area contributed by atoms with E-state index in [0.29, 0.717) is 19.8 Å². The minimum Gasteiger partial charge on any atom is -0.494 e. The normalized spacial score (nSPS) is 16.3. The highest BCUT2D eigenvalue weighted by Gasteiger charge is 2.35. The minimum atomic E-state index is -0.438. The Morgan fingerprint density at radius 3 is 2.24 bits per heavy atom. The second kappa shape index (κ2) is 9.73. The molecule has 0 spiro atoms. The van der Waals surface area contributed by atoms with Crippen LogP contribution in [-0.4, -0.2) is 37.8 Å². The molecule has 1 fully saturated rings. The summed E-state index contributed by atoms with van der Waals surface area (Å²) in [6, 6.07) is 14.7. The predicted octanol–water partition coefficient (Wildman–Crippen LogP) is 2.99. The van der Waals surface area contributed by atoms with Gasteiger partial charge in [-0.05, 0) is 67.9 Å². The molecule has 29 heavy (non-hydrogen) atoms. The standard InChI is InChI=1S/C22H25N3O4/c1-3-28-19-9-5-16(6-10-19)14-23-24-22(27)17-13-21(26)25(15-17)18-7-11-20(12-8-18)29-4-2/h5-12,14,17H,3-4,13,15H2,1-2H3,(H,24,27)/b23-14-/t17-/m1/s1. The van der Waals surface area contributed by atoms with E-state index < -0.39 is 5.92 Å². The van der Waals surface area contributed by atoms with Crippen molar-refractivity contribution in [2.45, 2.75) is 20.3 Å². The molecule has 1 heterocycles. The largest absolute Gasteiger partial charge is 0.494 e. The van der Waals surface area contributed by atoms with E-state index >= 15 is 0 Å². The van der Waals surface area contributed by atoms with Crippen LogP contribution in [0.5, 0.6) is 11.5 Å². The number of amides is 2. The molecule has 0 unspecified atom stereocenters. The third kappa shape index (κ3) is 5.34. The highest BCUT2D eigenvalue weighted by Crippen LogP contribution is 2.27. The molecule has 7 heteroatoms. The lowest BCUT2D eigenvalue weighted by molar-refractivity contribution is -0.126. The van der Waals surface area contributed by atoms with Crippen LogP contribution in [0.3, 0.4) is 0 Å². The summed E-state index contributed by atoms with van der Waals surface area (Å²) in [5.74, 6) is 0.749. The molecular formula is C22H25N3O4. The Morgan fingerprint density at radius 2 is 1.66 bits per heavy atom. The SMILES string of the molecule is CCOc1ccc(/C=N\NC(=O)[C@@H]2CC(=O)N(c3ccc(OCC)cc3)C2)cc1. The van der Waals surface area contributed by atoms with Crippen LogP contribution in [0.4, 0.5) is 5.69 Å². The van der Waals surface area contributed by atoms with Gasteiger partial charge in [0.1, 0.15) is 11.5 Å². The zero-order valence-electron chi connectivity index (χ0n) is 16.6. The first-order valence-electron chi connectivity index (χ1n) is 9.69. The summed E-state index contributed by atoms with van der Waals surface area (Å²) in [4.78, 5) is 26.4. The van der Waals surface area contributed by atoms with Crippen molar-refractivity contribution in [1.82, 2.24) is 5.43 Å². The second-order valence-corrected chi connectivity index (χ2v) is 6.57. The van der Waals surface area contributed by atoms with E-state index in [1.54, 1.807) is 11.1 Å². The number of carbonyl (C=O) groups is 2. The average molecular weight is 395 g/mol. The molecule has 1 N–H and O–H groups in total. The summed E-state index contributed by atoms with van der Waals surface area (Å²) in [6.45, 7) is 5.37. The van der Waals surface area contributed by atoms with Crippen molar-refractivity contribution in [3.8, 4) is 11.5 Å². The lowest BCUT2D eigenvalue weighted by Crippen LogP contribution is -2.30. The number of benzene rings is 2. The van der Waals surface area contributed by atoms with E-state index in [2.05, 4.69) is 10.5 Å². The number of rotatable bonds is 8. The fourth-order valence-electron chi connectivity index (χ4n) is 3.10. The minimum absolute atomic E-state index is 0.0789. The third-order valence-electron chi connectivity index (χ3n) is 4.53. The number of hydrazone groups is 1. The number of nitrogens with zero attached hydrogens (tertiary/aromatic N) is 2. The number of ether oxygens (including phenoxy) is 2. The van der Waals surface area contributed by atoms with E-state index in [1.165, 1.54) is 0 Å². The zero-order chi connectivity index (χ0) is 20.6. The molecule has 1 aliphatic rings. The molecule has 7 nitrogen and oxygen atoms in total. The van der Waals surface area contributed by atoms with Crippen LogP contribution < -0.4 is 19.8 Å². The molecule has 3 rings (SSSR count). The van der Waals surface area contributed by atoms with Gasteiger partial charge in [-0.2, -0.15) is 5.10 Å². The van der Waals surface area contributed by atoms with Gasteiger partial charge in [0, 0.05) is 18.7 Å². The van der Waals surface area contributed by atoms with Gasteiger partial charge in [-0.15, -0.1) is 0 Å². The monoisotopic (exact) mass is 395 g/mol. The molecule has 2 amide bonds. The summed E-state index contributed by atoms with van der Waals surface area (Å²) in [6.07, 6.45) is 1.73. The van der Waals surface area contributed by atoms with Gasteiger partial charge in [-0.3, -0.25) is 9.59 Å². The number of hydrogen-bond donors (Lipinski definition) is 1. The molecule has 152 valence electrons. The first-order valence-corrected chi connectivity index (χ1v) is 9.69. The predicted molar refractivity (Wildman–Crippen MR) is 111 cm³/mol. The maximum Gasteiger partial charge on any atom is 0.245 e. The molecule has 1 aliphatic heterocycles. The van der Waals surface area contributed by atoms with Gasteiger partial charge >= 0.3 is 0 Å². The Kier molecular flexibility index (Phi) is 6.84. The van der Waals surface area contributed by atoms with E-state index in [0.717, 1.165) is 22.7 Å². The molecule has 0 bridgehead atoms. The van der Waals surface area contributed by atoms with E-state index in [-0.39, 0.29) is 18.2 Å². The maximum atomic E-state index is 12.4. The fraction of sp³-hybridized carbons (Fsp3) is 0.318. The molecule has 0 radical (unpaired) electrons. The van der Waals surface area contributed by atoms with E-state index in [9.17, 15) is 9.59 Å². The molecule has 0 saturated carbocycles. The first kappa shape index (κ1) is 20.4. The van der Waals surface area contributed by atoms with Gasteiger partial charge in [0.2, 0.25) is 11.8 Å². The van der Waals surface area contributed by atoms with Crippen molar-refractivity contribution >= 4 is 23.7 Å². The maximum absolute atomic E-state index is 12.4. The van der Waals surface area contributed by atoms with Gasteiger partial charge in [-0.25, -0.2) is 5.43 Å². The van der Waals surface area contributed by atoms with Crippen molar-refractivity contribution in [2.75, 3.05) is 24.7 Å². The van der Waals surface area contributed by atoms with Crippen LogP contribution in [0.15, 0.2) is 53.6 Å². The van der Waals surface area contributed by atoms with Crippen LogP contribution in [0.25, 0.3) is 0 Å². The summed E-state index contributed by atoms with van der Waals surface area (Å²) in [5, 5.41) is 4.00. The van der Waals surface area contributed by atoms with E-state index in [1.807, 2.05) is 62.4 Å². The zero-order valence-corrected chi connectivity index (χ0v) is 16.6. The van der Waals surface area contributed by atoms with Gasteiger partial charge < -0.3 is 14.4 Å². The van der Waals surface area contributed by atoms with Crippen LogP contribution in [0.1, 0.15) is 25.8 Å². The van der Waals surface area contributed by atoms with E-state index in [4.69, 9.17) is 9.47 Å². The molecule has 1 saturated heterocycles. The van der Waals surface area contributed by atoms with Gasteiger partial charge in [0.15, 0.2) is 0 Å². The number of hydrogen-bond acceptors (Lipinski definition) is 5. The third-order valence-corrected chi connectivity index (χ3v) is 4.53. The van der Waals surface area contributed by atoms with Gasteiger partial charge in [0.05, 0.1) is 25.3 Å². The summed E-state index contributed by atoms with van der Waals surface area (Å²) < 4.78 is 10.8. The molecule has 2 aromatic carbocycles. The Balaban J connectivity index is 1.54. The van der Waals surface area contributed by atoms with Crippen LogP contribution in [-0.2, 0) is 9.59 Å². The Bertz CT molecular complexity index is 863. The van der Waals surface area contributed by atoms with Crippen LogP contribution in [0, 0.1) is 5.92 Å². The van der Waals surface area contributed by atoms with Crippen LogP contribution >= 0.6 is 0 Å². The molecule has 0 aromatic heterocycles. The fourth-order valence-corrected chi connectivity index (χ4v) is 3.10. The average Bonchev–Trinajstić information content (AvgIpc) is 3.12. The Morgan fingerprint density at radius 1 is 1.07 bits per heavy atom. The van der Waals surface area contributed by atoms with Gasteiger partial charge in [0.25, 0.3) is 0 Å². The van der Waals surface area contributed by atoms with Crippen molar-refractivity contribution in [3.05, 3.63) is 54.1 Å². The highest BCUT2D eigenvalue weighted by molar-refractivity contribution is 6.00. The smallest absolute Gasteiger partial charge is 0.245 e. The lowest BCUT2D eigenvalue weighted by atomic mass is 10.1. The number of carbonyl (C=O) groups excluding carboxylic acids is 2. The number of nitrogens with one attached hydrogen (secondary N) is 1. The summed E-state index contributed by atoms with van der Waals surface area (Å²) in [7, 11) is 0. The molecule has 0 aliphatic carbocycles. The van der Waals surface area contributed by atoms with Crippen molar-refractivity contribution < 1.29 is 19.1 Å². The quantitative estimate of drug-likeness (QED) is 0.550. The lowest BCUT2D eigenvalue weighted by Gasteiger charge is -2.17. The van der Waals surface area contributed by atoms with Crippen molar-refractivity contribution in [1.29, 1.82) is 0 Å². The second-order valence-electron chi connectivity index (χ2n) is 6.57. The first-order chi connectivity index (χ1) is 14.1. The van der Waals surface area contributed by atoms with Crippen molar-refractivity contribution in [3.63, 3.8) is 0 Å².